The van der Waals surface area contributed by atoms with Crippen LogP contribution in [-0.2, 0) is 0 Å². The number of carbonyl (C=O) groups excluding carboxylic acids is 1. The van der Waals surface area contributed by atoms with Gasteiger partial charge in [0.1, 0.15) is 22.7 Å². The summed E-state index contributed by atoms with van der Waals surface area (Å²) >= 11 is 0. The number of carbonyl (C=O) groups is 1. The molecule has 0 bridgehead atoms. The summed E-state index contributed by atoms with van der Waals surface area (Å²) in [5, 5.41) is 12.6. The summed E-state index contributed by atoms with van der Waals surface area (Å²) in [6, 6.07) is 28.3. The van der Waals surface area contributed by atoms with E-state index in [4.69, 9.17) is 9.15 Å². The molecule has 6 rings (SSSR count). The molecule has 0 aliphatic rings. The molecule has 6 aromatic rings. The third-order valence-corrected chi connectivity index (χ3v) is 6.49. The lowest BCUT2D eigenvalue weighted by Crippen LogP contribution is -2.05. The van der Waals surface area contributed by atoms with Crippen LogP contribution in [0.3, 0.4) is 0 Å². The van der Waals surface area contributed by atoms with Crippen LogP contribution < -0.4 is 10.2 Å². The summed E-state index contributed by atoms with van der Waals surface area (Å²) in [6.07, 6.45) is 0. The minimum absolute atomic E-state index is 0.0800. The largest absolute Gasteiger partial charge is 0.507 e. The Labute approximate surface area is 205 Å². The van der Waals surface area contributed by atoms with Crippen LogP contribution in [0.1, 0.15) is 15.9 Å². The number of phenols is 1. The Balaban J connectivity index is 1.69. The van der Waals surface area contributed by atoms with Crippen LogP contribution in [0.4, 0.5) is 0 Å². The average Bonchev–Trinajstić information content (AvgIpc) is 2.92. The molecule has 36 heavy (non-hydrogen) atoms. The lowest BCUT2D eigenvalue weighted by molar-refractivity contribution is 0.103. The number of rotatable bonds is 4. The Morgan fingerprint density at radius 2 is 1.53 bits per heavy atom. The molecule has 174 valence electrons. The molecule has 0 amide bonds. The van der Waals surface area contributed by atoms with Crippen LogP contribution >= 0.6 is 0 Å². The first-order valence-corrected chi connectivity index (χ1v) is 11.4. The van der Waals surface area contributed by atoms with Crippen molar-refractivity contribution in [3.8, 4) is 22.6 Å². The topological polar surface area (TPSA) is 76.7 Å². The normalized spacial score (nSPS) is 11.2. The Morgan fingerprint density at radius 3 is 2.31 bits per heavy atom. The number of para-hydroxylation sites is 2. The van der Waals surface area contributed by atoms with Crippen molar-refractivity contribution in [3.63, 3.8) is 0 Å². The summed E-state index contributed by atoms with van der Waals surface area (Å²) in [5.41, 5.74) is 3.17. The number of hydrogen-bond acceptors (Lipinski definition) is 5. The molecule has 0 radical (unpaired) electrons. The van der Waals surface area contributed by atoms with Gasteiger partial charge in [-0.1, -0.05) is 48.5 Å². The number of benzene rings is 5. The molecule has 0 fully saturated rings. The third-order valence-electron chi connectivity index (χ3n) is 6.49. The molecule has 1 N–H and O–H groups in total. The van der Waals surface area contributed by atoms with Gasteiger partial charge in [-0.2, -0.15) is 0 Å². The fourth-order valence-electron chi connectivity index (χ4n) is 4.68. The van der Waals surface area contributed by atoms with Crippen molar-refractivity contribution in [1.82, 2.24) is 0 Å². The molecule has 5 aromatic carbocycles. The highest BCUT2D eigenvalue weighted by atomic mass is 16.5. The first-order chi connectivity index (χ1) is 17.5. The summed E-state index contributed by atoms with van der Waals surface area (Å²) in [5.74, 6) is 0.335. The molecular weight excluding hydrogens is 452 g/mol. The molecule has 1 aromatic heterocycles. The third kappa shape index (κ3) is 3.41. The summed E-state index contributed by atoms with van der Waals surface area (Å²) in [7, 11) is 1.61. The second-order valence-electron chi connectivity index (χ2n) is 8.56. The van der Waals surface area contributed by atoms with Gasteiger partial charge in [-0.05, 0) is 70.4 Å². The molecule has 0 unspecified atom stereocenters. The lowest BCUT2D eigenvalue weighted by atomic mass is 9.92. The standard InChI is InChI=1S/C31H20O5/c1-35-20-13-10-18(11-14-20)24-17-28-29(31(34)23-7-3-5-9-27(23)36-28)21-15-12-19(16-25(21)24)30(33)22-6-2-4-8-26(22)32/h2-17,32H,1H3. The van der Waals surface area contributed by atoms with E-state index in [1.807, 2.05) is 42.5 Å². The van der Waals surface area contributed by atoms with Gasteiger partial charge in [0.05, 0.1) is 23.4 Å². The highest BCUT2D eigenvalue weighted by molar-refractivity contribution is 6.18. The quantitative estimate of drug-likeness (QED) is 0.175. The van der Waals surface area contributed by atoms with Gasteiger partial charge in [-0.25, -0.2) is 0 Å². The summed E-state index contributed by atoms with van der Waals surface area (Å²) < 4.78 is 11.5. The van der Waals surface area contributed by atoms with E-state index in [0.29, 0.717) is 32.9 Å². The van der Waals surface area contributed by atoms with E-state index in [-0.39, 0.29) is 22.5 Å². The number of hydrogen-bond donors (Lipinski definition) is 1. The Bertz CT molecular complexity index is 1860. The molecule has 5 heteroatoms. The fourth-order valence-corrected chi connectivity index (χ4v) is 4.68. The van der Waals surface area contributed by atoms with Gasteiger partial charge in [-0.15, -0.1) is 0 Å². The van der Waals surface area contributed by atoms with Gasteiger partial charge in [0.25, 0.3) is 0 Å². The maximum absolute atomic E-state index is 13.5. The summed E-state index contributed by atoms with van der Waals surface area (Å²) in [6.45, 7) is 0. The van der Waals surface area contributed by atoms with Crippen molar-refractivity contribution < 1.29 is 19.1 Å². The summed E-state index contributed by atoms with van der Waals surface area (Å²) in [4.78, 5) is 26.8. The zero-order chi connectivity index (χ0) is 24.8. The fraction of sp³-hybridized carbons (Fsp3) is 0.0323. The van der Waals surface area contributed by atoms with E-state index in [1.165, 1.54) is 6.07 Å². The lowest BCUT2D eigenvalue weighted by Gasteiger charge is -2.13. The Morgan fingerprint density at radius 1 is 0.778 bits per heavy atom. The molecule has 1 heterocycles. The minimum atomic E-state index is -0.304. The zero-order valence-electron chi connectivity index (χ0n) is 19.3. The number of ketones is 1. The van der Waals surface area contributed by atoms with Gasteiger partial charge in [0.15, 0.2) is 5.78 Å². The zero-order valence-corrected chi connectivity index (χ0v) is 19.3. The van der Waals surface area contributed by atoms with E-state index in [0.717, 1.165) is 22.3 Å². The highest BCUT2D eigenvalue weighted by Crippen LogP contribution is 2.36. The van der Waals surface area contributed by atoms with Crippen molar-refractivity contribution in [2.75, 3.05) is 7.11 Å². The van der Waals surface area contributed by atoms with Crippen LogP contribution in [0.5, 0.6) is 11.5 Å². The van der Waals surface area contributed by atoms with Crippen molar-refractivity contribution in [2.24, 2.45) is 0 Å². The van der Waals surface area contributed by atoms with Crippen LogP contribution in [-0.4, -0.2) is 18.0 Å². The molecule has 0 spiro atoms. The smallest absolute Gasteiger partial charge is 0.201 e. The predicted octanol–water partition coefficient (Wildman–Crippen LogP) is 6.71. The van der Waals surface area contributed by atoms with Crippen molar-refractivity contribution >= 4 is 38.5 Å². The number of methoxy groups -OCH3 is 1. The van der Waals surface area contributed by atoms with Crippen LogP contribution in [0.15, 0.2) is 106 Å². The van der Waals surface area contributed by atoms with E-state index in [1.54, 1.807) is 55.6 Å². The molecule has 0 saturated heterocycles. The van der Waals surface area contributed by atoms with Crippen LogP contribution in [0.2, 0.25) is 0 Å². The molecule has 0 aliphatic carbocycles. The molecule has 5 nitrogen and oxygen atoms in total. The maximum Gasteiger partial charge on any atom is 0.201 e. The predicted molar refractivity (Wildman–Crippen MR) is 141 cm³/mol. The molecule has 0 atom stereocenters. The number of phenolic OH excluding ortho intramolecular Hbond substituents is 1. The second kappa shape index (κ2) is 8.40. The maximum atomic E-state index is 13.5. The number of ether oxygens (including phenoxy) is 1. The Kier molecular flexibility index (Phi) is 5.04. The van der Waals surface area contributed by atoms with Gasteiger partial charge in [0, 0.05) is 5.56 Å². The van der Waals surface area contributed by atoms with Crippen LogP contribution in [0, 0.1) is 0 Å². The molecule has 0 aliphatic heterocycles. The van der Waals surface area contributed by atoms with Gasteiger partial charge in [0.2, 0.25) is 5.43 Å². The van der Waals surface area contributed by atoms with E-state index >= 15 is 0 Å². The van der Waals surface area contributed by atoms with Gasteiger partial charge >= 0.3 is 0 Å². The highest BCUT2D eigenvalue weighted by Gasteiger charge is 2.19. The minimum Gasteiger partial charge on any atom is -0.507 e. The number of fused-ring (bicyclic) bond motifs is 4. The van der Waals surface area contributed by atoms with E-state index in [9.17, 15) is 14.7 Å². The molecule has 0 saturated carbocycles. The van der Waals surface area contributed by atoms with Crippen molar-refractivity contribution in [2.45, 2.75) is 0 Å². The second-order valence-corrected chi connectivity index (χ2v) is 8.56. The van der Waals surface area contributed by atoms with Gasteiger partial charge < -0.3 is 14.3 Å². The van der Waals surface area contributed by atoms with Crippen molar-refractivity contribution in [1.29, 1.82) is 0 Å². The molecular formula is C31H20O5. The van der Waals surface area contributed by atoms with Crippen LogP contribution in [0.25, 0.3) is 43.8 Å². The SMILES string of the molecule is COc1ccc(-c2cc3oc4ccccc4c(=O)c3c3ccc(C(=O)c4ccccc4O)cc23)cc1. The van der Waals surface area contributed by atoms with Crippen molar-refractivity contribution in [3.05, 3.63) is 118 Å². The number of aromatic hydroxyl groups is 1. The van der Waals surface area contributed by atoms with E-state index < -0.39 is 0 Å². The average molecular weight is 472 g/mol. The van der Waals surface area contributed by atoms with Gasteiger partial charge in [-0.3, -0.25) is 9.59 Å². The first-order valence-electron chi connectivity index (χ1n) is 11.4. The Hall–Kier alpha value is -4.90. The van der Waals surface area contributed by atoms with E-state index in [2.05, 4.69) is 0 Å². The monoisotopic (exact) mass is 472 g/mol. The first kappa shape index (κ1) is 21.6.